The molecule has 1 aromatic rings. The number of allylic oxidation sites excluding steroid dienone is 4. The third-order valence-electron chi connectivity index (χ3n) is 4.64. The lowest BCUT2D eigenvalue weighted by Crippen LogP contribution is -2.18. The van der Waals surface area contributed by atoms with Gasteiger partial charge in [0.2, 0.25) is 0 Å². The second kappa shape index (κ2) is 10.6. The predicted molar refractivity (Wildman–Crippen MR) is 126 cm³/mol. The molecule has 0 saturated heterocycles. The van der Waals surface area contributed by atoms with Crippen LogP contribution in [0.2, 0.25) is 0 Å². The highest BCUT2D eigenvalue weighted by atomic mass is 32.1. The van der Waals surface area contributed by atoms with Crippen LogP contribution in [0.25, 0.3) is 5.70 Å². The zero-order chi connectivity index (χ0) is 20.5. The number of nitrogen functional groups attached to an aromatic ring is 1. The third kappa shape index (κ3) is 6.29. The quantitative estimate of drug-likeness (QED) is 0.508. The number of nitrogens with one attached hydrogen (secondary N) is 1. The first-order valence-corrected chi connectivity index (χ1v) is 10.7. The van der Waals surface area contributed by atoms with Crippen molar-refractivity contribution in [3.63, 3.8) is 0 Å². The normalized spacial score (nSPS) is 20.4. The van der Waals surface area contributed by atoms with Gasteiger partial charge in [0.1, 0.15) is 5.84 Å². The lowest BCUT2D eigenvalue weighted by atomic mass is 10.1. The Morgan fingerprint density at radius 2 is 2.03 bits per heavy atom. The SMILES string of the molecule is C=C(N=C(N=C(N)C1=CC=CC1)/C1=C/CCCCCCNN=C1)c1ccc(N)s1. The molecule has 0 unspecified atom stereocenters. The summed E-state index contributed by atoms with van der Waals surface area (Å²) in [6.45, 7) is 4.97. The summed E-state index contributed by atoms with van der Waals surface area (Å²) in [6, 6.07) is 3.77. The number of amidine groups is 2. The van der Waals surface area contributed by atoms with Crippen LogP contribution in [0.4, 0.5) is 5.00 Å². The molecule has 0 saturated carbocycles. The monoisotopic (exact) mass is 408 g/mol. The number of hydrogen-bond donors (Lipinski definition) is 3. The van der Waals surface area contributed by atoms with Crippen molar-refractivity contribution < 1.29 is 0 Å². The zero-order valence-corrected chi connectivity index (χ0v) is 17.4. The first kappa shape index (κ1) is 20.8. The minimum Gasteiger partial charge on any atom is -0.391 e. The predicted octanol–water partition coefficient (Wildman–Crippen LogP) is 4.41. The summed E-state index contributed by atoms with van der Waals surface area (Å²) in [5.41, 5.74) is 17.7. The van der Waals surface area contributed by atoms with E-state index in [1.54, 1.807) is 6.21 Å². The lowest BCUT2D eigenvalue weighted by Gasteiger charge is -2.07. The number of anilines is 1. The van der Waals surface area contributed by atoms with E-state index in [4.69, 9.17) is 16.5 Å². The maximum atomic E-state index is 6.28. The average Bonchev–Trinajstić information content (AvgIpc) is 3.37. The molecule has 6 nitrogen and oxygen atoms in total. The number of nitrogens with two attached hydrogens (primary N) is 2. The molecule has 2 heterocycles. The van der Waals surface area contributed by atoms with Gasteiger partial charge >= 0.3 is 0 Å². The molecule has 152 valence electrons. The average molecular weight is 409 g/mol. The van der Waals surface area contributed by atoms with Gasteiger partial charge in [0.15, 0.2) is 5.84 Å². The van der Waals surface area contributed by atoms with Crippen LogP contribution in [0, 0.1) is 0 Å². The molecule has 0 fully saturated rings. The van der Waals surface area contributed by atoms with Crippen LogP contribution in [0.1, 0.15) is 43.4 Å². The number of hydrazone groups is 1. The first-order chi connectivity index (χ1) is 14.1. The summed E-state index contributed by atoms with van der Waals surface area (Å²) in [5.74, 6) is 0.973. The molecule has 0 atom stereocenters. The van der Waals surface area contributed by atoms with Gasteiger partial charge in [-0.15, -0.1) is 11.3 Å². The Labute approximate surface area is 176 Å². The molecule has 7 heteroatoms. The molecule has 5 N–H and O–H groups in total. The summed E-state index contributed by atoms with van der Waals surface area (Å²) in [5, 5.41) is 5.08. The van der Waals surface area contributed by atoms with Gasteiger partial charge < -0.3 is 16.9 Å². The smallest absolute Gasteiger partial charge is 0.163 e. The molecule has 0 aromatic carbocycles. The van der Waals surface area contributed by atoms with Crippen LogP contribution in [0.5, 0.6) is 0 Å². The van der Waals surface area contributed by atoms with Crippen molar-refractivity contribution in [3.05, 3.63) is 59.0 Å². The molecule has 3 rings (SSSR count). The van der Waals surface area contributed by atoms with E-state index in [0.29, 0.717) is 17.4 Å². The fourth-order valence-electron chi connectivity index (χ4n) is 3.01. The van der Waals surface area contributed by atoms with Crippen LogP contribution < -0.4 is 16.9 Å². The van der Waals surface area contributed by atoms with Gasteiger partial charge in [-0.3, -0.25) is 0 Å². The van der Waals surface area contributed by atoms with E-state index in [-0.39, 0.29) is 0 Å². The Bertz CT molecular complexity index is 913. The Hall–Kier alpha value is -2.93. The molecule has 1 aliphatic heterocycles. The van der Waals surface area contributed by atoms with E-state index in [2.05, 4.69) is 34.3 Å². The lowest BCUT2D eigenvalue weighted by molar-refractivity contribution is 0.606. The zero-order valence-electron chi connectivity index (χ0n) is 16.6. The Kier molecular flexibility index (Phi) is 7.58. The fourth-order valence-corrected chi connectivity index (χ4v) is 3.70. The largest absolute Gasteiger partial charge is 0.391 e. The minimum atomic E-state index is 0.462. The maximum absolute atomic E-state index is 6.28. The van der Waals surface area contributed by atoms with Gasteiger partial charge in [-0.05, 0) is 43.4 Å². The van der Waals surface area contributed by atoms with Gasteiger partial charge in [0.05, 0.1) is 21.8 Å². The number of hydrogen-bond acceptors (Lipinski definition) is 5. The van der Waals surface area contributed by atoms with Gasteiger partial charge in [-0.2, -0.15) is 5.10 Å². The summed E-state index contributed by atoms with van der Waals surface area (Å²) < 4.78 is 0. The molecule has 0 spiro atoms. The van der Waals surface area contributed by atoms with Crippen LogP contribution in [-0.2, 0) is 0 Å². The highest BCUT2D eigenvalue weighted by Crippen LogP contribution is 2.26. The van der Waals surface area contributed by atoms with Gasteiger partial charge in [-0.25, -0.2) is 9.98 Å². The minimum absolute atomic E-state index is 0.462. The van der Waals surface area contributed by atoms with Crippen LogP contribution in [0.15, 0.2) is 69.2 Å². The van der Waals surface area contributed by atoms with Gasteiger partial charge in [0.25, 0.3) is 0 Å². The van der Waals surface area contributed by atoms with E-state index >= 15 is 0 Å². The number of nitrogens with zero attached hydrogens (tertiary/aromatic N) is 3. The van der Waals surface area contributed by atoms with Crippen molar-refractivity contribution in [2.24, 2.45) is 20.8 Å². The highest BCUT2D eigenvalue weighted by molar-refractivity contribution is 7.16. The second-order valence-corrected chi connectivity index (χ2v) is 8.05. The number of rotatable bonds is 4. The van der Waals surface area contributed by atoms with Crippen LogP contribution >= 0.6 is 11.3 Å². The van der Waals surface area contributed by atoms with E-state index in [1.807, 2.05) is 24.3 Å². The van der Waals surface area contributed by atoms with Gasteiger partial charge in [-0.1, -0.05) is 43.7 Å². The first-order valence-electron chi connectivity index (χ1n) is 9.93. The van der Waals surface area contributed by atoms with Gasteiger partial charge in [0, 0.05) is 12.1 Å². The van der Waals surface area contributed by atoms with E-state index < -0.39 is 0 Å². The molecule has 1 aromatic heterocycles. The Balaban J connectivity index is 1.95. The molecule has 0 bridgehead atoms. The van der Waals surface area contributed by atoms with Crippen molar-refractivity contribution in [2.75, 3.05) is 12.3 Å². The summed E-state index contributed by atoms with van der Waals surface area (Å²) in [7, 11) is 0. The van der Waals surface area contributed by atoms with Crippen molar-refractivity contribution in [2.45, 2.75) is 38.5 Å². The molecular weight excluding hydrogens is 380 g/mol. The Morgan fingerprint density at radius 3 is 2.79 bits per heavy atom. The van der Waals surface area contributed by atoms with Crippen molar-refractivity contribution in [1.29, 1.82) is 0 Å². The highest BCUT2D eigenvalue weighted by Gasteiger charge is 2.12. The second-order valence-electron chi connectivity index (χ2n) is 6.93. The van der Waals surface area contributed by atoms with Crippen LogP contribution in [0.3, 0.4) is 0 Å². The molecule has 2 aliphatic rings. The Morgan fingerprint density at radius 1 is 1.17 bits per heavy atom. The topological polar surface area (TPSA) is 101 Å². The third-order valence-corrected chi connectivity index (χ3v) is 5.60. The molecule has 1 aliphatic carbocycles. The van der Waals surface area contributed by atoms with Crippen molar-refractivity contribution in [3.8, 4) is 0 Å². The fraction of sp³-hybridized carbons (Fsp3) is 0.318. The summed E-state index contributed by atoms with van der Waals surface area (Å²) in [6.07, 6.45) is 16.3. The summed E-state index contributed by atoms with van der Waals surface area (Å²) in [4.78, 5) is 10.3. The molecular formula is C22H28N6S. The molecule has 0 radical (unpaired) electrons. The van der Waals surface area contributed by atoms with Crippen molar-refractivity contribution in [1.82, 2.24) is 5.43 Å². The van der Waals surface area contributed by atoms with E-state index in [0.717, 1.165) is 53.3 Å². The molecule has 0 amide bonds. The van der Waals surface area contributed by atoms with Crippen LogP contribution in [-0.4, -0.2) is 24.4 Å². The number of thiophene rings is 1. The van der Waals surface area contributed by atoms with E-state index in [9.17, 15) is 0 Å². The van der Waals surface area contributed by atoms with E-state index in [1.165, 1.54) is 24.2 Å². The maximum Gasteiger partial charge on any atom is 0.163 e. The van der Waals surface area contributed by atoms with Crippen molar-refractivity contribution >= 4 is 39.9 Å². The molecule has 29 heavy (non-hydrogen) atoms. The summed E-state index contributed by atoms with van der Waals surface area (Å²) >= 11 is 1.45. The standard InChI is InChI=1S/C22H28N6S/c1-16(19-12-13-20(23)29-19)27-22(28-21(24)17-9-6-7-10-17)18-11-5-3-2-4-8-14-25-26-15-18/h6-7,9,11-13,15,25H,1-5,8,10,14,23H2,(H2,24,27,28)/b18-11+,26-15?. The number of aliphatic imine (C=N–C) groups is 2.